The first-order valence-corrected chi connectivity index (χ1v) is 9.35. The summed E-state index contributed by atoms with van der Waals surface area (Å²) < 4.78 is 29.5. The second-order valence-corrected chi connectivity index (χ2v) is 8.29. The summed E-state index contributed by atoms with van der Waals surface area (Å²) in [5.41, 5.74) is -1.69. The molecule has 2 aliphatic rings. The first-order valence-electron chi connectivity index (χ1n) is 9.35. The first-order chi connectivity index (χ1) is 13.4. The highest BCUT2D eigenvalue weighted by molar-refractivity contribution is 5.98. The van der Waals surface area contributed by atoms with E-state index in [1.807, 2.05) is 0 Å². The van der Waals surface area contributed by atoms with Gasteiger partial charge in [-0.2, -0.15) is 9.65 Å². The van der Waals surface area contributed by atoms with Crippen molar-refractivity contribution >= 4 is 12.0 Å². The van der Waals surface area contributed by atoms with Crippen molar-refractivity contribution in [3.63, 3.8) is 0 Å². The number of amides is 2. The van der Waals surface area contributed by atoms with Crippen molar-refractivity contribution in [3.8, 4) is 17.6 Å². The summed E-state index contributed by atoms with van der Waals surface area (Å²) in [6.07, 6.45) is 0.0210. The smallest absolute Gasteiger partial charge is 0.410 e. The molecule has 3 rings (SSSR count). The van der Waals surface area contributed by atoms with E-state index in [0.717, 1.165) is 6.92 Å². The van der Waals surface area contributed by atoms with Gasteiger partial charge in [-0.25, -0.2) is 4.79 Å². The summed E-state index contributed by atoms with van der Waals surface area (Å²) >= 11 is 0. The third kappa shape index (κ3) is 4.53. The fraction of sp³-hybridized carbons (Fsp3) is 0.550. The zero-order chi connectivity index (χ0) is 21.4. The molecule has 1 aromatic carbocycles. The Morgan fingerprint density at radius 1 is 1.28 bits per heavy atom. The normalized spacial score (nSPS) is 22.6. The molecule has 0 spiro atoms. The van der Waals surface area contributed by atoms with E-state index in [2.05, 4.69) is 11.4 Å². The van der Waals surface area contributed by atoms with Gasteiger partial charge in [0.1, 0.15) is 11.1 Å². The van der Waals surface area contributed by atoms with Crippen molar-refractivity contribution in [3.05, 3.63) is 23.8 Å². The number of carbonyl (C=O) groups excluding carboxylic acids is 2. The molecule has 2 amide bonds. The van der Waals surface area contributed by atoms with Crippen molar-refractivity contribution in [2.24, 2.45) is 0 Å². The maximum atomic E-state index is 14.0. The Balaban J connectivity index is 1.69. The van der Waals surface area contributed by atoms with Gasteiger partial charge in [-0.3, -0.25) is 4.79 Å². The second-order valence-electron chi connectivity index (χ2n) is 8.29. The number of benzene rings is 1. The predicted octanol–water partition coefficient (Wildman–Crippen LogP) is 3.12. The van der Waals surface area contributed by atoms with Crippen LogP contribution in [-0.4, -0.2) is 47.2 Å². The quantitative estimate of drug-likeness (QED) is 0.811. The number of alkyl halides is 1. The van der Waals surface area contributed by atoms with Crippen molar-refractivity contribution in [2.75, 3.05) is 13.1 Å². The highest BCUT2D eigenvalue weighted by Crippen LogP contribution is 2.42. The Morgan fingerprint density at radius 3 is 2.52 bits per heavy atom. The monoisotopic (exact) mass is 405 g/mol. The summed E-state index contributed by atoms with van der Waals surface area (Å²) in [7, 11) is 0. The summed E-state index contributed by atoms with van der Waals surface area (Å²) in [6.45, 7) is 6.96. The van der Waals surface area contributed by atoms with Gasteiger partial charge in [0.25, 0.3) is 5.91 Å². The van der Waals surface area contributed by atoms with E-state index in [1.165, 1.54) is 17.0 Å². The standard InChI is InChI=1S/C20H24FN3O5/c1-18(2,3)29-17(26)24-10-8-20(12-22,9-11-24)23-16(25)13-6-5-7-14-15(13)28-19(4,21)27-14/h5-7H,8-11H2,1-4H3,(H,23,25). The minimum atomic E-state index is -2.36. The number of para-hydroxylation sites is 1. The molecule has 1 atom stereocenters. The number of ether oxygens (including phenoxy) is 3. The number of nitrogens with zero attached hydrogens (tertiary/aromatic N) is 2. The maximum absolute atomic E-state index is 14.0. The number of hydrogen-bond acceptors (Lipinski definition) is 6. The van der Waals surface area contributed by atoms with Crippen LogP contribution in [0.3, 0.4) is 0 Å². The molecule has 0 radical (unpaired) electrons. The van der Waals surface area contributed by atoms with Crippen molar-refractivity contribution in [1.29, 1.82) is 5.26 Å². The summed E-state index contributed by atoms with van der Waals surface area (Å²) in [5, 5.41) is 12.4. The van der Waals surface area contributed by atoms with Gasteiger partial charge < -0.3 is 24.4 Å². The molecule has 1 aromatic rings. The maximum Gasteiger partial charge on any atom is 0.410 e. The number of nitrogens with one attached hydrogen (secondary N) is 1. The minimum absolute atomic E-state index is 0.00530. The molecule has 156 valence electrons. The SMILES string of the molecule is CC(C)(C)OC(=O)N1CCC(C#N)(NC(=O)c2cccc3c2OC(C)(F)O3)CC1. The average molecular weight is 405 g/mol. The lowest BCUT2D eigenvalue weighted by Crippen LogP contribution is -2.55. The van der Waals surface area contributed by atoms with E-state index in [9.17, 15) is 19.2 Å². The predicted molar refractivity (Wildman–Crippen MR) is 100 cm³/mol. The zero-order valence-corrected chi connectivity index (χ0v) is 16.9. The molecule has 2 aliphatic heterocycles. The number of fused-ring (bicyclic) bond motifs is 1. The number of rotatable bonds is 2. The van der Waals surface area contributed by atoms with Crippen LogP contribution in [-0.2, 0) is 4.74 Å². The van der Waals surface area contributed by atoms with Crippen LogP contribution < -0.4 is 14.8 Å². The third-order valence-electron chi connectivity index (χ3n) is 4.64. The van der Waals surface area contributed by atoms with Gasteiger partial charge in [-0.05, 0) is 32.9 Å². The molecule has 0 aliphatic carbocycles. The molecule has 1 unspecified atom stereocenters. The zero-order valence-electron chi connectivity index (χ0n) is 16.9. The molecular weight excluding hydrogens is 381 g/mol. The third-order valence-corrected chi connectivity index (χ3v) is 4.64. The van der Waals surface area contributed by atoms with Crippen LogP contribution >= 0.6 is 0 Å². The minimum Gasteiger partial charge on any atom is -0.444 e. The Kier molecular flexibility index (Phi) is 5.07. The molecule has 1 N–H and O–H groups in total. The topological polar surface area (TPSA) is 101 Å². The summed E-state index contributed by atoms with van der Waals surface area (Å²) in [6, 6.07) is 4.31. The van der Waals surface area contributed by atoms with E-state index < -0.39 is 29.2 Å². The molecule has 1 saturated heterocycles. The van der Waals surface area contributed by atoms with E-state index in [0.29, 0.717) is 0 Å². The summed E-state index contributed by atoms with van der Waals surface area (Å²) in [5.74, 6) is -0.460. The summed E-state index contributed by atoms with van der Waals surface area (Å²) in [4.78, 5) is 26.6. The van der Waals surface area contributed by atoms with Gasteiger partial charge in [0.15, 0.2) is 11.5 Å². The second kappa shape index (κ2) is 7.10. The van der Waals surface area contributed by atoms with Crippen LogP contribution in [0.4, 0.5) is 9.18 Å². The van der Waals surface area contributed by atoms with Gasteiger partial charge >= 0.3 is 12.1 Å². The molecular formula is C20H24FN3O5. The van der Waals surface area contributed by atoms with Crippen LogP contribution in [0.1, 0.15) is 50.9 Å². The number of nitriles is 1. The van der Waals surface area contributed by atoms with Crippen LogP contribution in [0.5, 0.6) is 11.5 Å². The van der Waals surface area contributed by atoms with Gasteiger partial charge in [0, 0.05) is 32.9 Å². The first kappa shape index (κ1) is 20.7. The van der Waals surface area contributed by atoms with Crippen LogP contribution in [0.2, 0.25) is 0 Å². The average Bonchev–Trinajstić information content (AvgIpc) is 2.94. The highest BCUT2D eigenvalue weighted by atomic mass is 19.2. The fourth-order valence-electron chi connectivity index (χ4n) is 3.23. The molecule has 0 saturated carbocycles. The van der Waals surface area contributed by atoms with Crippen LogP contribution in [0, 0.1) is 11.3 Å². The van der Waals surface area contributed by atoms with Crippen LogP contribution in [0.15, 0.2) is 18.2 Å². The van der Waals surface area contributed by atoms with Gasteiger partial charge in [0.2, 0.25) is 0 Å². The van der Waals surface area contributed by atoms with Crippen LogP contribution in [0.25, 0.3) is 0 Å². The largest absolute Gasteiger partial charge is 0.444 e. The Morgan fingerprint density at radius 2 is 1.93 bits per heavy atom. The Labute approximate surface area is 168 Å². The number of halogens is 1. The molecule has 0 aromatic heterocycles. The van der Waals surface area contributed by atoms with Crippen molar-refractivity contribution < 1.29 is 28.2 Å². The molecule has 2 heterocycles. The van der Waals surface area contributed by atoms with E-state index in [4.69, 9.17) is 14.2 Å². The molecule has 9 heteroatoms. The number of carbonyl (C=O) groups is 2. The van der Waals surface area contributed by atoms with E-state index >= 15 is 0 Å². The lowest BCUT2D eigenvalue weighted by atomic mass is 9.88. The molecule has 8 nitrogen and oxygen atoms in total. The molecule has 0 bridgehead atoms. The van der Waals surface area contributed by atoms with Gasteiger partial charge in [-0.1, -0.05) is 6.07 Å². The number of piperidine rings is 1. The fourth-order valence-corrected chi connectivity index (χ4v) is 3.23. The highest BCUT2D eigenvalue weighted by Gasteiger charge is 2.42. The Hall–Kier alpha value is -3.02. The van der Waals surface area contributed by atoms with Gasteiger partial charge in [-0.15, -0.1) is 0 Å². The Bertz CT molecular complexity index is 864. The molecule has 29 heavy (non-hydrogen) atoms. The van der Waals surface area contributed by atoms with E-state index in [-0.39, 0.29) is 43.0 Å². The number of likely N-dealkylation sites (tertiary alicyclic amines) is 1. The lowest BCUT2D eigenvalue weighted by Gasteiger charge is -2.38. The van der Waals surface area contributed by atoms with Gasteiger partial charge in [0.05, 0.1) is 11.6 Å². The van der Waals surface area contributed by atoms with Crippen molar-refractivity contribution in [1.82, 2.24) is 10.2 Å². The molecule has 1 fully saturated rings. The lowest BCUT2D eigenvalue weighted by molar-refractivity contribution is -0.173. The van der Waals surface area contributed by atoms with E-state index in [1.54, 1.807) is 26.8 Å². The van der Waals surface area contributed by atoms with Crippen molar-refractivity contribution in [2.45, 2.75) is 57.7 Å². The number of hydrogen-bond donors (Lipinski definition) is 1.